The van der Waals surface area contributed by atoms with Gasteiger partial charge in [-0.1, -0.05) is 31.9 Å². The van der Waals surface area contributed by atoms with E-state index in [1.807, 2.05) is 36.1 Å². The molecule has 2 atom stereocenters. The summed E-state index contributed by atoms with van der Waals surface area (Å²) in [7, 11) is 0. The van der Waals surface area contributed by atoms with Crippen LogP contribution >= 0.6 is 11.6 Å². The molecule has 1 fully saturated rings. The Morgan fingerprint density at radius 3 is 2.33 bits per heavy atom. The number of benzene rings is 1. The van der Waals surface area contributed by atoms with Gasteiger partial charge in [-0.3, -0.25) is 4.79 Å². The number of piperazine rings is 1. The third-order valence-corrected chi connectivity index (χ3v) is 4.58. The Labute approximate surface area is 131 Å². The summed E-state index contributed by atoms with van der Waals surface area (Å²) in [6, 6.07) is 7.45. The highest BCUT2D eigenvalue weighted by Gasteiger charge is 2.27. The fourth-order valence-corrected chi connectivity index (χ4v) is 2.67. The van der Waals surface area contributed by atoms with E-state index in [9.17, 15) is 4.79 Å². The second-order valence-corrected chi connectivity index (χ2v) is 6.14. The van der Waals surface area contributed by atoms with Crippen molar-refractivity contribution in [2.24, 2.45) is 11.7 Å². The summed E-state index contributed by atoms with van der Waals surface area (Å²) >= 11 is 5.91. The van der Waals surface area contributed by atoms with Gasteiger partial charge >= 0.3 is 0 Å². The number of rotatable bonds is 4. The van der Waals surface area contributed by atoms with Crippen LogP contribution in [0.2, 0.25) is 5.02 Å². The molecule has 4 nitrogen and oxygen atoms in total. The predicted molar refractivity (Wildman–Crippen MR) is 87.7 cm³/mol. The Kier molecular flexibility index (Phi) is 5.48. The molecule has 0 bridgehead atoms. The van der Waals surface area contributed by atoms with Crippen molar-refractivity contribution in [1.29, 1.82) is 0 Å². The average molecular weight is 310 g/mol. The SMILES string of the molecule is CCC(C)[C@H](N)C(=O)N1CCN(c2ccc(Cl)cc2)CC1. The van der Waals surface area contributed by atoms with Crippen molar-refractivity contribution in [1.82, 2.24) is 4.90 Å². The Hall–Kier alpha value is -1.26. The molecule has 1 aliphatic rings. The van der Waals surface area contributed by atoms with Crippen LogP contribution in [0, 0.1) is 5.92 Å². The molecule has 0 aromatic heterocycles. The smallest absolute Gasteiger partial charge is 0.239 e. The molecule has 1 saturated heterocycles. The maximum Gasteiger partial charge on any atom is 0.239 e. The van der Waals surface area contributed by atoms with Crippen LogP contribution in [-0.2, 0) is 4.79 Å². The van der Waals surface area contributed by atoms with Gasteiger partial charge in [-0.2, -0.15) is 0 Å². The lowest BCUT2D eigenvalue weighted by atomic mass is 9.98. The van der Waals surface area contributed by atoms with E-state index in [2.05, 4.69) is 11.8 Å². The van der Waals surface area contributed by atoms with E-state index in [0.29, 0.717) is 0 Å². The number of nitrogens with zero attached hydrogens (tertiary/aromatic N) is 2. The van der Waals surface area contributed by atoms with Crippen LogP contribution in [0.4, 0.5) is 5.69 Å². The van der Waals surface area contributed by atoms with Crippen molar-refractivity contribution in [2.75, 3.05) is 31.1 Å². The normalized spacial score (nSPS) is 18.5. The van der Waals surface area contributed by atoms with Crippen LogP contribution in [0.3, 0.4) is 0 Å². The molecule has 0 aliphatic carbocycles. The van der Waals surface area contributed by atoms with E-state index in [4.69, 9.17) is 17.3 Å². The zero-order valence-electron chi connectivity index (χ0n) is 12.8. The Bertz CT molecular complexity index is 469. The maximum absolute atomic E-state index is 12.4. The number of carbonyl (C=O) groups excluding carboxylic acids is 1. The van der Waals surface area contributed by atoms with Crippen molar-refractivity contribution >= 4 is 23.2 Å². The summed E-state index contributed by atoms with van der Waals surface area (Å²) in [5.74, 6) is 0.312. The maximum atomic E-state index is 12.4. The molecule has 1 aromatic carbocycles. The van der Waals surface area contributed by atoms with Crippen molar-refractivity contribution in [3.8, 4) is 0 Å². The standard InChI is InChI=1S/C16H24ClN3O/c1-3-12(2)15(18)16(21)20-10-8-19(9-11-20)14-6-4-13(17)5-7-14/h4-7,12,15H,3,8-11,18H2,1-2H3/t12?,15-/m0/s1. The van der Waals surface area contributed by atoms with Gasteiger partial charge in [0.1, 0.15) is 0 Å². The van der Waals surface area contributed by atoms with E-state index < -0.39 is 0 Å². The topological polar surface area (TPSA) is 49.6 Å². The van der Waals surface area contributed by atoms with Gasteiger partial charge in [0.2, 0.25) is 5.91 Å². The molecule has 0 spiro atoms. The van der Waals surface area contributed by atoms with Crippen LogP contribution in [0.5, 0.6) is 0 Å². The molecule has 1 heterocycles. The number of hydrogen-bond acceptors (Lipinski definition) is 3. The Balaban J connectivity index is 1.91. The van der Waals surface area contributed by atoms with Crippen LogP contribution < -0.4 is 10.6 Å². The zero-order valence-corrected chi connectivity index (χ0v) is 13.5. The highest BCUT2D eigenvalue weighted by atomic mass is 35.5. The lowest BCUT2D eigenvalue weighted by Crippen LogP contribution is -2.54. The predicted octanol–water partition coefficient (Wildman–Crippen LogP) is 2.36. The van der Waals surface area contributed by atoms with Crippen LogP contribution in [0.1, 0.15) is 20.3 Å². The number of anilines is 1. The van der Waals surface area contributed by atoms with E-state index in [0.717, 1.165) is 43.3 Å². The molecule has 1 amide bonds. The molecular formula is C16H24ClN3O. The molecule has 1 aromatic rings. The van der Waals surface area contributed by atoms with Crippen LogP contribution in [-0.4, -0.2) is 43.0 Å². The van der Waals surface area contributed by atoms with Gasteiger partial charge in [0, 0.05) is 36.9 Å². The van der Waals surface area contributed by atoms with Gasteiger partial charge < -0.3 is 15.5 Å². The quantitative estimate of drug-likeness (QED) is 0.929. The molecule has 1 unspecified atom stereocenters. The van der Waals surface area contributed by atoms with E-state index in [-0.39, 0.29) is 17.9 Å². The van der Waals surface area contributed by atoms with Crippen molar-refractivity contribution in [3.63, 3.8) is 0 Å². The minimum atomic E-state index is -0.378. The number of amides is 1. The highest BCUT2D eigenvalue weighted by Crippen LogP contribution is 2.20. The van der Waals surface area contributed by atoms with E-state index in [1.165, 1.54) is 0 Å². The second kappa shape index (κ2) is 7.14. The van der Waals surface area contributed by atoms with Crippen molar-refractivity contribution in [3.05, 3.63) is 29.3 Å². The summed E-state index contributed by atoms with van der Waals surface area (Å²) in [5, 5.41) is 0.743. The third-order valence-electron chi connectivity index (χ3n) is 4.33. The van der Waals surface area contributed by atoms with Crippen LogP contribution in [0.15, 0.2) is 24.3 Å². The van der Waals surface area contributed by atoms with Gasteiger partial charge in [0.25, 0.3) is 0 Å². The number of hydrogen-bond donors (Lipinski definition) is 1. The minimum absolute atomic E-state index is 0.0834. The molecule has 21 heavy (non-hydrogen) atoms. The first-order valence-electron chi connectivity index (χ1n) is 7.57. The summed E-state index contributed by atoms with van der Waals surface area (Å²) in [6.45, 7) is 7.22. The summed E-state index contributed by atoms with van der Waals surface area (Å²) < 4.78 is 0. The minimum Gasteiger partial charge on any atom is -0.368 e. The van der Waals surface area contributed by atoms with Crippen molar-refractivity contribution in [2.45, 2.75) is 26.3 Å². The molecule has 116 valence electrons. The van der Waals surface area contributed by atoms with Gasteiger partial charge in [0.05, 0.1) is 6.04 Å². The first-order chi connectivity index (χ1) is 10.0. The fourth-order valence-electron chi connectivity index (χ4n) is 2.55. The molecular weight excluding hydrogens is 286 g/mol. The van der Waals surface area contributed by atoms with Crippen molar-refractivity contribution < 1.29 is 4.79 Å². The third kappa shape index (κ3) is 3.89. The van der Waals surface area contributed by atoms with Gasteiger partial charge in [-0.15, -0.1) is 0 Å². The molecule has 0 saturated carbocycles. The van der Waals surface area contributed by atoms with E-state index in [1.54, 1.807) is 0 Å². The van der Waals surface area contributed by atoms with Crippen LogP contribution in [0.25, 0.3) is 0 Å². The van der Waals surface area contributed by atoms with Gasteiger partial charge in [-0.25, -0.2) is 0 Å². The highest BCUT2D eigenvalue weighted by molar-refractivity contribution is 6.30. The molecule has 2 rings (SSSR count). The monoisotopic (exact) mass is 309 g/mol. The summed E-state index contributed by atoms with van der Waals surface area (Å²) in [6.07, 6.45) is 0.928. The Morgan fingerprint density at radius 1 is 1.24 bits per heavy atom. The molecule has 1 aliphatic heterocycles. The zero-order chi connectivity index (χ0) is 15.4. The van der Waals surface area contributed by atoms with Gasteiger partial charge in [0.15, 0.2) is 0 Å². The largest absolute Gasteiger partial charge is 0.368 e. The first kappa shape index (κ1) is 16.1. The van der Waals surface area contributed by atoms with Gasteiger partial charge in [-0.05, 0) is 30.2 Å². The van der Waals surface area contributed by atoms with E-state index >= 15 is 0 Å². The average Bonchev–Trinajstić information content (AvgIpc) is 2.53. The first-order valence-corrected chi connectivity index (χ1v) is 7.95. The molecule has 5 heteroatoms. The summed E-state index contributed by atoms with van der Waals surface area (Å²) in [4.78, 5) is 16.5. The summed E-state index contributed by atoms with van der Waals surface area (Å²) in [5.41, 5.74) is 7.20. The fraction of sp³-hybridized carbons (Fsp3) is 0.562. The molecule has 0 radical (unpaired) electrons. The number of halogens is 1. The Morgan fingerprint density at radius 2 is 1.81 bits per heavy atom. The number of carbonyl (C=O) groups is 1. The lowest BCUT2D eigenvalue weighted by molar-refractivity contribution is -0.134. The number of nitrogens with two attached hydrogens (primary N) is 1. The molecule has 2 N–H and O–H groups in total. The lowest BCUT2D eigenvalue weighted by Gasteiger charge is -2.37. The second-order valence-electron chi connectivity index (χ2n) is 5.70.